The summed E-state index contributed by atoms with van der Waals surface area (Å²) < 4.78 is 15.0. The van der Waals surface area contributed by atoms with E-state index in [2.05, 4.69) is 0 Å². The van der Waals surface area contributed by atoms with E-state index in [1.165, 1.54) is 57.8 Å². The fourth-order valence-electron chi connectivity index (χ4n) is 2.62. The van der Waals surface area contributed by atoms with Crippen LogP contribution in [-0.2, 0) is 19.0 Å². The summed E-state index contributed by atoms with van der Waals surface area (Å²) in [5, 5.41) is 0. The zero-order chi connectivity index (χ0) is 17.0. The van der Waals surface area contributed by atoms with E-state index in [1.807, 2.05) is 6.92 Å². The van der Waals surface area contributed by atoms with Crippen molar-refractivity contribution >= 4 is 5.97 Å². The Bertz CT molecular complexity index is 244. The Labute approximate surface area is 143 Å². The smallest absolute Gasteiger partial charge is 0.305 e. The van der Waals surface area contributed by atoms with Crippen molar-refractivity contribution in [1.29, 1.82) is 0 Å². The first-order valence-electron chi connectivity index (χ1n) is 9.53. The average molecular weight is 331 g/mol. The third-order valence-corrected chi connectivity index (χ3v) is 3.93. The Balaban J connectivity index is 3.01. The second kappa shape index (κ2) is 19.4. The number of hydrogen-bond acceptors (Lipinski definition) is 4. The van der Waals surface area contributed by atoms with Gasteiger partial charge in [0.25, 0.3) is 0 Å². The third kappa shape index (κ3) is 19.3. The van der Waals surface area contributed by atoms with Gasteiger partial charge in [0.15, 0.2) is 0 Å². The number of unbranched alkanes of at least 4 members (excludes halogenated alkanes) is 11. The topological polar surface area (TPSA) is 44.8 Å². The van der Waals surface area contributed by atoms with Gasteiger partial charge in [-0.15, -0.1) is 0 Å². The molecule has 0 aliphatic carbocycles. The van der Waals surface area contributed by atoms with Crippen LogP contribution in [-0.4, -0.2) is 33.1 Å². The van der Waals surface area contributed by atoms with Crippen molar-refractivity contribution in [2.75, 3.05) is 27.1 Å². The minimum absolute atomic E-state index is 0.0437. The maximum absolute atomic E-state index is 11.2. The zero-order valence-corrected chi connectivity index (χ0v) is 15.4. The minimum atomic E-state index is -0.0437. The second-order valence-electron chi connectivity index (χ2n) is 6.11. The average Bonchev–Trinajstić information content (AvgIpc) is 2.54. The van der Waals surface area contributed by atoms with Gasteiger partial charge in [-0.05, 0) is 19.8 Å². The summed E-state index contributed by atoms with van der Waals surface area (Å²) in [4.78, 5) is 11.2. The molecule has 0 amide bonds. The molecule has 0 saturated heterocycles. The van der Waals surface area contributed by atoms with E-state index in [0.717, 1.165) is 25.9 Å². The summed E-state index contributed by atoms with van der Waals surface area (Å²) in [5.74, 6) is -0.0437. The lowest BCUT2D eigenvalue weighted by Gasteiger charge is -2.04. The first kappa shape index (κ1) is 22.4. The maximum Gasteiger partial charge on any atom is 0.305 e. The fraction of sp³-hybridized carbons (Fsp3) is 0.947. The monoisotopic (exact) mass is 330 g/mol. The van der Waals surface area contributed by atoms with Crippen molar-refractivity contribution in [3.63, 3.8) is 0 Å². The first-order chi connectivity index (χ1) is 11.3. The molecule has 0 fully saturated rings. The molecule has 23 heavy (non-hydrogen) atoms. The summed E-state index contributed by atoms with van der Waals surface area (Å²) in [6, 6.07) is 0. The van der Waals surface area contributed by atoms with E-state index >= 15 is 0 Å². The van der Waals surface area contributed by atoms with Gasteiger partial charge in [-0.25, -0.2) is 0 Å². The van der Waals surface area contributed by atoms with Crippen LogP contribution in [0.4, 0.5) is 0 Å². The third-order valence-electron chi connectivity index (χ3n) is 3.93. The molecule has 0 aliphatic rings. The predicted molar refractivity (Wildman–Crippen MR) is 94.5 cm³/mol. The number of esters is 1. The zero-order valence-electron chi connectivity index (χ0n) is 15.4. The Morgan fingerprint density at radius 2 is 1.22 bits per heavy atom. The van der Waals surface area contributed by atoms with Gasteiger partial charge in [-0.1, -0.05) is 64.2 Å². The molecule has 0 aromatic heterocycles. The van der Waals surface area contributed by atoms with Gasteiger partial charge in [0.1, 0.15) is 6.79 Å². The van der Waals surface area contributed by atoms with Crippen molar-refractivity contribution < 1.29 is 19.0 Å². The summed E-state index contributed by atoms with van der Waals surface area (Å²) in [7, 11) is 1.66. The predicted octanol–water partition coefficient (Wildman–Crippen LogP) is 5.24. The van der Waals surface area contributed by atoms with Crippen LogP contribution >= 0.6 is 0 Å². The molecule has 138 valence electrons. The molecule has 0 saturated carbocycles. The van der Waals surface area contributed by atoms with Crippen LogP contribution in [0, 0.1) is 0 Å². The molecule has 0 rings (SSSR count). The molecule has 0 heterocycles. The number of methoxy groups -OCH3 is 1. The molecule has 0 radical (unpaired) electrons. The molecule has 0 N–H and O–H groups in total. The highest BCUT2D eigenvalue weighted by Crippen LogP contribution is 2.12. The van der Waals surface area contributed by atoms with Gasteiger partial charge in [-0.3, -0.25) is 4.79 Å². The molecule has 0 unspecified atom stereocenters. The van der Waals surface area contributed by atoms with E-state index in [0.29, 0.717) is 19.8 Å². The SMILES string of the molecule is CCOC(=O)CCCCCCCCCCCCCCOCOC. The number of rotatable bonds is 18. The molecule has 4 nitrogen and oxygen atoms in total. The van der Waals surface area contributed by atoms with Crippen molar-refractivity contribution in [3.05, 3.63) is 0 Å². The summed E-state index contributed by atoms with van der Waals surface area (Å²) >= 11 is 0. The van der Waals surface area contributed by atoms with Crippen LogP contribution < -0.4 is 0 Å². The van der Waals surface area contributed by atoms with Gasteiger partial charge in [0.2, 0.25) is 0 Å². The van der Waals surface area contributed by atoms with E-state index in [1.54, 1.807) is 7.11 Å². The van der Waals surface area contributed by atoms with Crippen molar-refractivity contribution in [2.45, 2.75) is 90.4 Å². The lowest BCUT2D eigenvalue weighted by molar-refractivity contribution is -0.143. The molecule has 0 atom stereocenters. The van der Waals surface area contributed by atoms with Crippen molar-refractivity contribution in [2.24, 2.45) is 0 Å². The number of ether oxygens (including phenoxy) is 3. The Kier molecular flexibility index (Phi) is 18.9. The molecular weight excluding hydrogens is 292 g/mol. The number of hydrogen-bond donors (Lipinski definition) is 0. The van der Waals surface area contributed by atoms with Gasteiger partial charge in [-0.2, -0.15) is 0 Å². The second-order valence-corrected chi connectivity index (χ2v) is 6.11. The minimum Gasteiger partial charge on any atom is -0.466 e. The van der Waals surface area contributed by atoms with Gasteiger partial charge >= 0.3 is 5.97 Å². The molecule has 0 aromatic rings. The number of carbonyl (C=O) groups excluding carboxylic acids is 1. The van der Waals surface area contributed by atoms with Crippen molar-refractivity contribution in [1.82, 2.24) is 0 Å². The van der Waals surface area contributed by atoms with Crippen LogP contribution in [0.5, 0.6) is 0 Å². The lowest BCUT2D eigenvalue weighted by Crippen LogP contribution is -2.03. The summed E-state index contributed by atoms with van der Waals surface area (Å²) in [6.45, 7) is 3.60. The van der Waals surface area contributed by atoms with E-state index in [9.17, 15) is 4.79 Å². The molecular formula is C19H38O4. The van der Waals surface area contributed by atoms with E-state index in [4.69, 9.17) is 14.2 Å². The van der Waals surface area contributed by atoms with Gasteiger partial charge < -0.3 is 14.2 Å². The molecule has 0 bridgehead atoms. The van der Waals surface area contributed by atoms with Crippen molar-refractivity contribution in [3.8, 4) is 0 Å². The van der Waals surface area contributed by atoms with Crippen LogP contribution in [0.1, 0.15) is 90.4 Å². The lowest BCUT2D eigenvalue weighted by atomic mass is 10.0. The van der Waals surface area contributed by atoms with Crippen LogP contribution in [0.2, 0.25) is 0 Å². The van der Waals surface area contributed by atoms with Crippen LogP contribution in [0.3, 0.4) is 0 Å². The Hall–Kier alpha value is -0.610. The van der Waals surface area contributed by atoms with Crippen LogP contribution in [0.25, 0.3) is 0 Å². The van der Waals surface area contributed by atoms with Gasteiger partial charge in [0.05, 0.1) is 6.61 Å². The standard InChI is InChI=1S/C19H38O4/c1-3-23-19(20)16-14-12-10-8-6-4-5-7-9-11-13-15-17-22-18-21-2/h3-18H2,1-2H3. The van der Waals surface area contributed by atoms with Crippen LogP contribution in [0.15, 0.2) is 0 Å². The normalized spacial score (nSPS) is 10.9. The quantitative estimate of drug-likeness (QED) is 0.196. The van der Waals surface area contributed by atoms with E-state index < -0.39 is 0 Å². The van der Waals surface area contributed by atoms with Gasteiger partial charge in [0, 0.05) is 20.1 Å². The fourth-order valence-corrected chi connectivity index (χ4v) is 2.62. The Morgan fingerprint density at radius 3 is 1.70 bits per heavy atom. The highest BCUT2D eigenvalue weighted by molar-refractivity contribution is 5.69. The molecule has 0 spiro atoms. The Morgan fingerprint density at radius 1 is 0.739 bits per heavy atom. The highest BCUT2D eigenvalue weighted by atomic mass is 16.7. The number of carbonyl (C=O) groups is 1. The summed E-state index contributed by atoms with van der Waals surface area (Å²) in [6.07, 6.45) is 15.8. The first-order valence-corrected chi connectivity index (χ1v) is 9.53. The summed E-state index contributed by atoms with van der Waals surface area (Å²) in [5.41, 5.74) is 0. The highest BCUT2D eigenvalue weighted by Gasteiger charge is 2.00. The molecule has 0 aromatic carbocycles. The maximum atomic E-state index is 11.2. The van der Waals surface area contributed by atoms with E-state index in [-0.39, 0.29) is 5.97 Å². The largest absolute Gasteiger partial charge is 0.466 e. The molecule has 0 aliphatic heterocycles. The molecule has 4 heteroatoms.